The number of nitrogens with one attached hydrogen (secondary N) is 3. The fourth-order valence-corrected chi connectivity index (χ4v) is 4.71. The van der Waals surface area contributed by atoms with E-state index in [1.54, 1.807) is 6.08 Å². The van der Waals surface area contributed by atoms with Crippen molar-refractivity contribution in [3.63, 3.8) is 0 Å². The van der Waals surface area contributed by atoms with Gasteiger partial charge in [-0.25, -0.2) is 4.21 Å². The lowest BCUT2D eigenvalue weighted by Crippen LogP contribution is -2.51. The maximum Gasteiger partial charge on any atom is 0.220 e. The van der Waals surface area contributed by atoms with Crippen molar-refractivity contribution in [2.24, 2.45) is 5.73 Å². The molecule has 1 aromatic rings. The molecule has 1 saturated heterocycles. The molecular formula is C23H32N4O3S. The molecule has 2 amide bonds. The topological polar surface area (TPSA) is 113 Å². The average Bonchev–Trinajstić information content (AvgIpc) is 3.10. The number of hydrogen-bond acceptors (Lipinski definition) is 5. The molecule has 1 aliphatic heterocycles. The molecule has 0 radical (unpaired) electrons. The normalized spacial score (nSPS) is 21.2. The quantitative estimate of drug-likeness (QED) is 0.292. The van der Waals surface area contributed by atoms with Crippen LogP contribution in [0.2, 0.25) is 0 Å². The summed E-state index contributed by atoms with van der Waals surface area (Å²) in [4.78, 5) is 22.7. The Bertz CT molecular complexity index is 875. The summed E-state index contributed by atoms with van der Waals surface area (Å²) in [7, 11) is -1.46. The van der Waals surface area contributed by atoms with Crippen molar-refractivity contribution < 1.29 is 13.8 Å². The number of allylic oxidation sites excluding steroid dienone is 4. The summed E-state index contributed by atoms with van der Waals surface area (Å²) in [5.74, 6) is 0.0384. The van der Waals surface area contributed by atoms with Gasteiger partial charge in [0.15, 0.2) is 0 Å². The number of carbonyl (C=O) groups is 2. The van der Waals surface area contributed by atoms with Crippen molar-refractivity contribution in [3.05, 3.63) is 71.6 Å². The van der Waals surface area contributed by atoms with Crippen molar-refractivity contribution in [2.45, 2.75) is 50.3 Å². The summed E-state index contributed by atoms with van der Waals surface area (Å²) in [6, 6.07) is 7.86. The van der Waals surface area contributed by atoms with Crippen molar-refractivity contribution in [1.82, 2.24) is 15.4 Å². The molecule has 0 aliphatic carbocycles. The first-order valence-corrected chi connectivity index (χ1v) is 11.5. The average molecular weight is 445 g/mol. The third-order valence-electron chi connectivity index (χ3n) is 5.36. The number of carbonyl (C=O) groups excluding carboxylic acids is 2. The summed E-state index contributed by atoms with van der Waals surface area (Å²) in [6.45, 7) is 7.97. The van der Waals surface area contributed by atoms with E-state index in [-0.39, 0.29) is 11.2 Å². The van der Waals surface area contributed by atoms with Gasteiger partial charge in [0, 0.05) is 18.7 Å². The van der Waals surface area contributed by atoms with Crippen molar-refractivity contribution in [3.8, 4) is 0 Å². The lowest BCUT2D eigenvalue weighted by Gasteiger charge is -2.31. The van der Waals surface area contributed by atoms with Gasteiger partial charge < -0.3 is 16.4 Å². The van der Waals surface area contributed by atoms with Crippen molar-refractivity contribution in [1.29, 1.82) is 0 Å². The van der Waals surface area contributed by atoms with E-state index in [2.05, 4.69) is 21.9 Å². The zero-order valence-electron chi connectivity index (χ0n) is 18.1. The smallest absolute Gasteiger partial charge is 0.220 e. The van der Waals surface area contributed by atoms with Crippen molar-refractivity contribution in [2.75, 3.05) is 6.54 Å². The van der Waals surface area contributed by atoms with E-state index in [1.807, 2.05) is 50.3 Å². The number of hydrogen-bond donors (Lipinski definition) is 4. The molecule has 1 aromatic carbocycles. The van der Waals surface area contributed by atoms with Gasteiger partial charge in [-0.1, -0.05) is 49.9 Å². The maximum atomic E-state index is 12.2. The SMILES string of the molecule is C=C/C=C\C(NCC1(Cc2ccc(C(CC)S(=O)NC=O)cc2)CCC(=O)N1)=C(/C)N. The first kappa shape index (κ1) is 24.4. The molecule has 3 atom stereocenters. The van der Waals surface area contributed by atoms with E-state index >= 15 is 0 Å². The van der Waals surface area contributed by atoms with Crippen LogP contribution in [0.3, 0.4) is 0 Å². The maximum absolute atomic E-state index is 12.2. The zero-order valence-corrected chi connectivity index (χ0v) is 19.0. The van der Waals surface area contributed by atoms with Gasteiger partial charge in [0.1, 0.15) is 11.0 Å². The minimum Gasteiger partial charge on any atom is -0.401 e. The molecule has 0 spiro atoms. The first-order chi connectivity index (χ1) is 14.8. The molecule has 1 fully saturated rings. The Morgan fingerprint density at radius 3 is 2.61 bits per heavy atom. The predicted octanol–water partition coefficient (Wildman–Crippen LogP) is 2.26. The molecule has 0 saturated carbocycles. The van der Waals surface area contributed by atoms with E-state index in [0.717, 1.165) is 16.8 Å². The lowest BCUT2D eigenvalue weighted by molar-refractivity contribution is -0.119. The molecule has 3 unspecified atom stereocenters. The Kier molecular flexibility index (Phi) is 9.05. The van der Waals surface area contributed by atoms with Crippen LogP contribution >= 0.6 is 0 Å². The van der Waals surface area contributed by atoms with Gasteiger partial charge in [0.25, 0.3) is 0 Å². The molecule has 31 heavy (non-hydrogen) atoms. The highest BCUT2D eigenvalue weighted by Gasteiger charge is 2.37. The van der Waals surface area contributed by atoms with E-state index in [1.165, 1.54) is 0 Å². The molecule has 5 N–H and O–H groups in total. The van der Waals surface area contributed by atoms with Gasteiger partial charge in [0.2, 0.25) is 12.3 Å². The monoisotopic (exact) mass is 444 g/mol. The molecule has 0 aromatic heterocycles. The van der Waals surface area contributed by atoms with E-state index in [0.29, 0.717) is 44.3 Å². The molecule has 2 rings (SSSR count). The van der Waals surface area contributed by atoms with Gasteiger partial charge in [-0.3, -0.25) is 14.3 Å². The van der Waals surface area contributed by atoms with Gasteiger partial charge in [0.05, 0.1) is 16.5 Å². The summed E-state index contributed by atoms with van der Waals surface area (Å²) < 4.78 is 14.5. The first-order valence-electron chi connectivity index (χ1n) is 10.3. The van der Waals surface area contributed by atoms with E-state index < -0.39 is 16.5 Å². The predicted molar refractivity (Wildman–Crippen MR) is 125 cm³/mol. The van der Waals surface area contributed by atoms with Crippen LogP contribution in [0.5, 0.6) is 0 Å². The number of rotatable bonds is 12. The fraction of sp³-hybridized carbons (Fsp3) is 0.391. The van der Waals surface area contributed by atoms with Crippen LogP contribution in [0.4, 0.5) is 0 Å². The van der Waals surface area contributed by atoms with Crippen LogP contribution < -0.4 is 21.1 Å². The van der Waals surface area contributed by atoms with Gasteiger partial charge >= 0.3 is 0 Å². The van der Waals surface area contributed by atoms with E-state index in [9.17, 15) is 13.8 Å². The van der Waals surface area contributed by atoms with E-state index in [4.69, 9.17) is 5.73 Å². The standard InChI is InChI=1S/C23H32N4O3S/c1-4-6-7-20(17(3)24)25-15-23(13-12-22(29)27-23)14-18-8-10-19(11-9-18)21(5-2)31(30)26-16-28/h4,6-11,16,21,25H,1,5,12-15,24H2,2-3H3,(H,26,28)(H,27,29)/b7-6-,20-17-. The highest BCUT2D eigenvalue weighted by molar-refractivity contribution is 7.83. The Hall–Kier alpha value is -2.87. The number of nitrogens with two attached hydrogens (primary N) is 1. The molecule has 0 bridgehead atoms. The second kappa shape index (κ2) is 11.5. The summed E-state index contributed by atoms with van der Waals surface area (Å²) in [5, 5.41) is 6.25. The molecule has 1 aliphatic rings. The Morgan fingerprint density at radius 1 is 1.39 bits per heavy atom. The van der Waals surface area contributed by atoms with Gasteiger partial charge in [-0.05, 0) is 43.4 Å². The van der Waals surface area contributed by atoms with Crippen LogP contribution in [0.25, 0.3) is 0 Å². The third kappa shape index (κ3) is 6.82. The van der Waals surface area contributed by atoms with Gasteiger partial charge in [-0.2, -0.15) is 0 Å². The fourth-order valence-electron chi connectivity index (χ4n) is 3.74. The van der Waals surface area contributed by atoms with Gasteiger partial charge in [-0.15, -0.1) is 0 Å². The number of benzene rings is 1. The lowest BCUT2D eigenvalue weighted by atomic mass is 9.88. The molecular weight excluding hydrogens is 412 g/mol. The Labute approximate surface area is 186 Å². The second-order valence-corrected chi connectivity index (χ2v) is 9.12. The minimum absolute atomic E-state index is 0.0384. The molecule has 168 valence electrons. The second-order valence-electron chi connectivity index (χ2n) is 7.72. The highest BCUT2D eigenvalue weighted by atomic mass is 32.2. The van der Waals surface area contributed by atoms with Crippen molar-refractivity contribution >= 4 is 23.3 Å². The van der Waals surface area contributed by atoms with Crippen LogP contribution in [-0.2, 0) is 27.0 Å². The molecule has 7 nitrogen and oxygen atoms in total. The minimum atomic E-state index is -1.46. The zero-order chi connectivity index (χ0) is 22.9. The van der Waals surface area contributed by atoms with Crippen LogP contribution in [0.1, 0.15) is 49.5 Å². The molecule has 8 heteroatoms. The van der Waals surface area contributed by atoms with Crippen LogP contribution in [-0.4, -0.2) is 28.6 Å². The Balaban J connectivity index is 2.17. The van der Waals surface area contributed by atoms with Crippen LogP contribution in [0.15, 0.2) is 60.5 Å². The molecule has 1 heterocycles. The summed E-state index contributed by atoms with van der Waals surface area (Å²) >= 11 is 0. The Morgan fingerprint density at radius 2 is 2.10 bits per heavy atom. The summed E-state index contributed by atoms with van der Waals surface area (Å²) in [6.07, 6.45) is 8.31. The number of amides is 2. The van der Waals surface area contributed by atoms with Crippen LogP contribution in [0, 0.1) is 0 Å². The summed E-state index contributed by atoms with van der Waals surface area (Å²) in [5.41, 5.74) is 8.98. The third-order valence-corrected chi connectivity index (χ3v) is 6.81. The highest BCUT2D eigenvalue weighted by Crippen LogP contribution is 2.27. The largest absolute Gasteiger partial charge is 0.401 e.